The molecule has 0 aromatic heterocycles. The first-order valence-electron chi connectivity index (χ1n) is 5.13. The number of ether oxygens (including phenoxy) is 1. The molecule has 0 bridgehead atoms. The van der Waals surface area contributed by atoms with Crippen LogP contribution < -0.4 is 10.5 Å². The highest BCUT2D eigenvalue weighted by Crippen LogP contribution is 2.31. The van der Waals surface area contributed by atoms with Gasteiger partial charge in [-0.05, 0) is 30.3 Å². The standard InChI is InChI=1S/C13H10BrNO3/c14-8-3-1-4-9(7-8)18-11-6-2-5-10(12(11)15)13(16)17/h1-7H,15H2,(H,16,17). The Labute approximate surface area is 112 Å². The van der Waals surface area contributed by atoms with Crippen LogP contribution in [0.25, 0.3) is 0 Å². The summed E-state index contributed by atoms with van der Waals surface area (Å²) in [5.41, 5.74) is 5.90. The summed E-state index contributed by atoms with van der Waals surface area (Å²) < 4.78 is 6.43. The Balaban J connectivity index is 2.35. The molecular formula is C13H10BrNO3. The number of halogens is 1. The molecule has 4 nitrogen and oxygen atoms in total. The lowest BCUT2D eigenvalue weighted by Gasteiger charge is -2.10. The van der Waals surface area contributed by atoms with Gasteiger partial charge in [0.25, 0.3) is 0 Å². The predicted octanol–water partition coefficient (Wildman–Crippen LogP) is 3.52. The summed E-state index contributed by atoms with van der Waals surface area (Å²) in [5, 5.41) is 8.96. The Morgan fingerprint density at radius 3 is 2.61 bits per heavy atom. The quantitative estimate of drug-likeness (QED) is 0.851. The molecule has 0 fully saturated rings. The van der Waals surface area contributed by atoms with Crippen LogP contribution in [0.2, 0.25) is 0 Å². The second-order valence-corrected chi connectivity index (χ2v) is 4.50. The Hall–Kier alpha value is -2.01. The van der Waals surface area contributed by atoms with Gasteiger partial charge in [0.15, 0.2) is 5.75 Å². The Bertz CT molecular complexity index is 599. The summed E-state index contributed by atoms with van der Waals surface area (Å²) >= 11 is 3.33. The lowest BCUT2D eigenvalue weighted by atomic mass is 10.1. The van der Waals surface area contributed by atoms with Gasteiger partial charge in [0.05, 0.1) is 11.3 Å². The molecule has 0 aliphatic carbocycles. The van der Waals surface area contributed by atoms with Crippen molar-refractivity contribution < 1.29 is 14.6 Å². The highest BCUT2D eigenvalue weighted by Gasteiger charge is 2.12. The number of carbonyl (C=O) groups is 1. The summed E-state index contributed by atoms with van der Waals surface area (Å²) in [6.45, 7) is 0. The first-order chi connectivity index (χ1) is 8.58. The summed E-state index contributed by atoms with van der Waals surface area (Å²) in [6, 6.07) is 11.9. The van der Waals surface area contributed by atoms with Crippen LogP contribution in [0.5, 0.6) is 11.5 Å². The lowest BCUT2D eigenvalue weighted by molar-refractivity contribution is 0.0697. The minimum Gasteiger partial charge on any atom is -0.478 e. The van der Waals surface area contributed by atoms with E-state index >= 15 is 0 Å². The van der Waals surface area contributed by atoms with Gasteiger partial charge in [-0.2, -0.15) is 0 Å². The number of para-hydroxylation sites is 1. The number of benzene rings is 2. The van der Waals surface area contributed by atoms with E-state index < -0.39 is 5.97 Å². The summed E-state index contributed by atoms with van der Waals surface area (Å²) in [4.78, 5) is 10.9. The second kappa shape index (κ2) is 5.10. The van der Waals surface area contributed by atoms with Gasteiger partial charge in [-0.1, -0.05) is 28.1 Å². The van der Waals surface area contributed by atoms with Gasteiger partial charge < -0.3 is 15.6 Å². The monoisotopic (exact) mass is 307 g/mol. The fraction of sp³-hybridized carbons (Fsp3) is 0. The van der Waals surface area contributed by atoms with E-state index in [4.69, 9.17) is 15.6 Å². The molecule has 0 aliphatic rings. The lowest BCUT2D eigenvalue weighted by Crippen LogP contribution is -2.03. The van der Waals surface area contributed by atoms with E-state index in [1.165, 1.54) is 6.07 Å². The molecule has 0 atom stereocenters. The number of hydrogen-bond acceptors (Lipinski definition) is 3. The third-order valence-electron chi connectivity index (χ3n) is 2.32. The third-order valence-corrected chi connectivity index (χ3v) is 2.81. The SMILES string of the molecule is Nc1c(Oc2cccc(Br)c2)cccc1C(=O)O. The maximum absolute atomic E-state index is 10.9. The first-order valence-corrected chi connectivity index (χ1v) is 5.92. The topological polar surface area (TPSA) is 72.5 Å². The Morgan fingerprint density at radius 2 is 1.94 bits per heavy atom. The smallest absolute Gasteiger partial charge is 0.337 e. The number of nitrogen functional groups attached to an aromatic ring is 1. The van der Waals surface area contributed by atoms with Crippen molar-refractivity contribution >= 4 is 27.6 Å². The van der Waals surface area contributed by atoms with Crippen molar-refractivity contribution in [2.24, 2.45) is 0 Å². The second-order valence-electron chi connectivity index (χ2n) is 3.58. The average Bonchev–Trinajstić information content (AvgIpc) is 2.31. The largest absolute Gasteiger partial charge is 0.478 e. The van der Waals surface area contributed by atoms with E-state index in [2.05, 4.69) is 15.9 Å². The summed E-state index contributed by atoms with van der Waals surface area (Å²) in [7, 11) is 0. The van der Waals surface area contributed by atoms with Crippen molar-refractivity contribution in [1.29, 1.82) is 0 Å². The third kappa shape index (κ3) is 2.62. The van der Waals surface area contributed by atoms with E-state index in [-0.39, 0.29) is 11.3 Å². The van der Waals surface area contributed by atoms with Crippen molar-refractivity contribution in [2.45, 2.75) is 0 Å². The highest BCUT2D eigenvalue weighted by molar-refractivity contribution is 9.10. The Kier molecular flexibility index (Phi) is 3.53. The van der Waals surface area contributed by atoms with Gasteiger partial charge in [-0.25, -0.2) is 4.79 Å². The molecular weight excluding hydrogens is 298 g/mol. The van der Waals surface area contributed by atoms with Crippen LogP contribution in [0.4, 0.5) is 5.69 Å². The molecule has 2 aromatic carbocycles. The number of carboxylic acid groups (broad SMARTS) is 1. The van der Waals surface area contributed by atoms with Gasteiger partial charge in [0.1, 0.15) is 5.75 Å². The van der Waals surface area contributed by atoms with Crippen molar-refractivity contribution in [3.8, 4) is 11.5 Å². The molecule has 2 rings (SSSR count). The fourth-order valence-corrected chi connectivity index (χ4v) is 1.86. The van der Waals surface area contributed by atoms with E-state index in [1.807, 2.05) is 12.1 Å². The highest BCUT2D eigenvalue weighted by atomic mass is 79.9. The predicted molar refractivity (Wildman–Crippen MR) is 72.0 cm³/mol. The van der Waals surface area contributed by atoms with E-state index in [1.54, 1.807) is 24.3 Å². The van der Waals surface area contributed by atoms with Crippen molar-refractivity contribution in [3.63, 3.8) is 0 Å². The average molecular weight is 308 g/mol. The molecule has 0 radical (unpaired) electrons. The number of carboxylic acids is 1. The van der Waals surface area contributed by atoms with Gasteiger partial charge in [0.2, 0.25) is 0 Å². The maximum Gasteiger partial charge on any atom is 0.337 e. The van der Waals surface area contributed by atoms with E-state index in [0.717, 1.165) is 4.47 Å². The zero-order valence-electron chi connectivity index (χ0n) is 9.26. The fourth-order valence-electron chi connectivity index (χ4n) is 1.48. The molecule has 0 heterocycles. The normalized spacial score (nSPS) is 10.1. The molecule has 3 N–H and O–H groups in total. The van der Waals surface area contributed by atoms with Crippen molar-refractivity contribution in [2.75, 3.05) is 5.73 Å². The van der Waals surface area contributed by atoms with Crippen molar-refractivity contribution in [1.82, 2.24) is 0 Å². The van der Waals surface area contributed by atoms with Gasteiger partial charge in [-0.15, -0.1) is 0 Å². The van der Waals surface area contributed by atoms with Crippen LogP contribution in [0, 0.1) is 0 Å². The zero-order chi connectivity index (χ0) is 13.1. The summed E-state index contributed by atoms with van der Waals surface area (Å²) in [5.74, 6) is -0.168. The number of aromatic carboxylic acids is 1. The molecule has 5 heteroatoms. The van der Waals surface area contributed by atoms with E-state index in [0.29, 0.717) is 11.5 Å². The summed E-state index contributed by atoms with van der Waals surface area (Å²) in [6.07, 6.45) is 0. The van der Waals surface area contributed by atoms with Crippen molar-refractivity contribution in [3.05, 3.63) is 52.5 Å². The number of anilines is 1. The van der Waals surface area contributed by atoms with Gasteiger partial charge in [-0.3, -0.25) is 0 Å². The first kappa shape index (κ1) is 12.4. The maximum atomic E-state index is 10.9. The van der Waals surface area contributed by atoms with Crippen LogP contribution in [-0.2, 0) is 0 Å². The molecule has 0 aliphatic heterocycles. The van der Waals surface area contributed by atoms with Crippen LogP contribution in [0.15, 0.2) is 46.9 Å². The molecule has 0 saturated carbocycles. The van der Waals surface area contributed by atoms with Gasteiger partial charge in [0, 0.05) is 4.47 Å². The van der Waals surface area contributed by atoms with Gasteiger partial charge >= 0.3 is 5.97 Å². The minimum absolute atomic E-state index is 0.0301. The van der Waals surface area contributed by atoms with E-state index in [9.17, 15) is 4.79 Å². The number of nitrogens with two attached hydrogens (primary N) is 1. The molecule has 92 valence electrons. The molecule has 2 aromatic rings. The molecule has 18 heavy (non-hydrogen) atoms. The van der Waals surface area contributed by atoms with Crippen LogP contribution in [0.1, 0.15) is 10.4 Å². The molecule has 0 amide bonds. The van der Waals surface area contributed by atoms with Crippen LogP contribution >= 0.6 is 15.9 Å². The Morgan fingerprint density at radius 1 is 1.22 bits per heavy atom. The van der Waals surface area contributed by atoms with Crippen LogP contribution in [-0.4, -0.2) is 11.1 Å². The minimum atomic E-state index is -1.08. The zero-order valence-corrected chi connectivity index (χ0v) is 10.8. The number of hydrogen-bond donors (Lipinski definition) is 2. The molecule has 0 unspecified atom stereocenters. The van der Waals surface area contributed by atoms with Crippen LogP contribution in [0.3, 0.4) is 0 Å². The molecule has 0 saturated heterocycles. The molecule has 0 spiro atoms. The number of rotatable bonds is 3.